The van der Waals surface area contributed by atoms with Gasteiger partial charge < -0.3 is 9.47 Å². The summed E-state index contributed by atoms with van der Waals surface area (Å²) in [5.74, 6) is -4.02. The van der Waals surface area contributed by atoms with E-state index in [-0.39, 0.29) is 37.6 Å². The lowest BCUT2D eigenvalue weighted by Gasteiger charge is -2.36. The van der Waals surface area contributed by atoms with Crippen LogP contribution in [0.1, 0.15) is 55.8 Å². The van der Waals surface area contributed by atoms with E-state index in [1.165, 1.54) is 0 Å². The standard InChI is InChI=1S/C34H35F5N6/c1-21-31(43(2)42-41-21)24-18-29-30(40-20-24)27-9-8-26(44-16-12-25(13-17-44)34(37,38)39)19-28(27)45(29)32(22-6-4-3-5-7-22)23-10-14-33(35,36)15-11-23/h3-9,18-20,23,25,32H,10-17H2,1-2H3. The number of hydrogen-bond acceptors (Lipinski definition) is 4. The minimum absolute atomic E-state index is 0.0520. The molecule has 2 aliphatic rings. The van der Waals surface area contributed by atoms with Gasteiger partial charge in [-0.1, -0.05) is 35.5 Å². The van der Waals surface area contributed by atoms with Crippen molar-refractivity contribution in [2.24, 2.45) is 18.9 Å². The van der Waals surface area contributed by atoms with Crippen molar-refractivity contribution < 1.29 is 22.0 Å². The average molecular weight is 623 g/mol. The molecule has 0 amide bonds. The maximum atomic E-state index is 14.4. The van der Waals surface area contributed by atoms with Crippen LogP contribution >= 0.6 is 0 Å². The van der Waals surface area contributed by atoms with Crippen LogP contribution in [0.4, 0.5) is 27.6 Å². The van der Waals surface area contributed by atoms with Gasteiger partial charge in [0.05, 0.1) is 39.9 Å². The number of aromatic nitrogens is 5. The van der Waals surface area contributed by atoms with E-state index in [0.717, 1.165) is 50.1 Å². The Balaban J connectivity index is 1.42. The number of halogens is 5. The summed E-state index contributed by atoms with van der Waals surface area (Å²) in [7, 11) is 1.83. The van der Waals surface area contributed by atoms with Crippen LogP contribution in [0.15, 0.2) is 60.8 Å². The molecular weight excluding hydrogens is 587 g/mol. The fourth-order valence-corrected chi connectivity index (χ4v) is 7.50. The van der Waals surface area contributed by atoms with Crippen LogP contribution in [0, 0.1) is 18.8 Å². The maximum Gasteiger partial charge on any atom is 0.391 e. The third kappa shape index (κ3) is 5.44. The van der Waals surface area contributed by atoms with Gasteiger partial charge in [-0.15, -0.1) is 5.10 Å². The summed E-state index contributed by atoms with van der Waals surface area (Å²) in [6, 6.07) is 17.8. The normalized spacial score (nSPS) is 19.0. The highest BCUT2D eigenvalue weighted by atomic mass is 19.4. The molecule has 4 heterocycles. The van der Waals surface area contributed by atoms with Gasteiger partial charge in [-0.25, -0.2) is 13.5 Å². The molecule has 2 fully saturated rings. The molecule has 6 nitrogen and oxygen atoms in total. The Bertz CT molecular complexity index is 1810. The van der Waals surface area contributed by atoms with Crippen molar-refractivity contribution in [3.8, 4) is 11.3 Å². The van der Waals surface area contributed by atoms with Crippen LogP contribution in [-0.4, -0.2) is 49.7 Å². The number of anilines is 1. The van der Waals surface area contributed by atoms with Crippen molar-refractivity contribution in [3.05, 3.63) is 72.1 Å². The number of hydrogen-bond donors (Lipinski definition) is 0. The maximum absolute atomic E-state index is 14.4. The summed E-state index contributed by atoms with van der Waals surface area (Å²) in [4.78, 5) is 6.96. The van der Waals surface area contributed by atoms with E-state index >= 15 is 0 Å². The van der Waals surface area contributed by atoms with Gasteiger partial charge in [-0.2, -0.15) is 13.2 Å². The molecule has 0 bridgehead atoms. The molecule has 1 saturated carbocycles. The van der Waals surface area contributed by atoms with Gasteiger partial charge >= 0.3 is 6.18 Å². The molecule has 0 N–H and O–H groups in total. The number of aryl methyl sites for hydroxylation is 2. The number of pyridine rings is 1. The number of rotatable bonds is 5. The van der Waals surface area contributed by atoms with E-state index in [9.17, 15) is 22.0 Å². The Hall–Kier alpha value is -4.02. The number of benzene rings is 2. The minimum Gasteiger partial charge on any atom is -0.371 e. The van der Waals surface area contributed by atoms with E-state index in [1.807, 2.05) is 67.5 Å². The Morgan fingerprint density at radius 2 is 1.62 bits per heavy atom. The summed E-state index contributed by atoms with van der Waals surface area (Å²) >= 11 is 0. The largest absolute Gasteiger partial charge is 0.391 e. The monoisotopic (exact) mass is 622 g/mol. The number of alkyl halides is 5. The Morgan fingerprint density at radius 3 is 2.27 bits per heavy atom. The molecule has 2 aromatic carbocycles. The summed E-state index contributed by atoms with van der Waals surface area (Å²) in [6.07, 6.45) is -1.86. The molecule has 1 aliphatic carbocycles. The quantitative estimate of drug-likeness (QED) is 0.185. The number of nitrogens with zero attached hydrogens (tertiary/aromatic N) is 6. The zero-order valence-electron chi connectivity index (χ0n) is 25.2. The van der Waals surface area contributed by atoms with Crippen LogP contribution in [-0.2, 0) is 7.05 Å². The SMILES string of the molecule is Cc1nnn(C)c1-c1cnc2c3ccc(N4CCC(C(F)(F)F)CC4)cc3n(C(c3ccccc3)C3CCC(F)(F)CC3)c2c1. The number of piperidine rings is 1. The zero-order chi connectivity index (χ0) is 31.5. The fraction of sp³-hybridized carbons (Fsp3) is 0.441. The molecule has 236 valence electrons. The van der Waals surface area contributed by atoms with Gasteiger partial charge in [0.2, 0.25) is 5.92 Å². The molecule has 7 rings (SSSR count). The van der Waals surface area contributed by atoms with Crippen molar-refractivity contribution in [2.75, 3.05) is 18.0 Å². The second kappa shape index (κ2) is 11.1. The molecule has 1 unspecified atom stereocenters. The predicted molar refractivity (Wildman–Crippen MR) is 164 cm³/mol. The molecule has 1 aliphatic heterocycles. The van der Waals surface area contributed by atoms with E-state index in [2.05, 4.69) is 27.0 Å². The lowest BCUT2D eigenvalue weighted by atomic mass is 9.79. The van der Waals surface area contributed by atoms with Gasteiger partial charge in [0.1, 0.15) is 0 Å². The topological polar surface area (TPSA) is 51.8 Å². The Labute approximate surface area is 257 Å². The van der Waals surface area contributed by atoms with Gasteiger partial charge in [-0.05, 0) is 68.4 Å². The minimum atomic E-state index is -4.19. The van der Waals surface area contributed by atoms with Crippen LogP contribution in [0.5, 0.6) is 0 Å². The Kier molecular flexibility index (Phi) is 7.32. The van der Waals surface area contributed by atoms with Crippen molar-refractivity contribution in [3.63, 3.8) is 0 Å². The predicted octanol–water partition coefficient (Wildman–Crippen LogP) is 8.49. The highest BCUT2D eigenvalue weighted by Gasteiger charge is 2.42. The van der Waals surface area contributed by atoms with Crippen molar-refractivity contribution in [2.45, 2.75) is 63.6 Å². The van der Waals surface area contributed by atoms with E-state index < -0.39 is 18.0 Å². The third-order valence-corrected chi connectivity index (χ3v) is 9.84. The molecule has 1 saturated heterocycles. The fourth-order valence-electron chi connectivity index (χ4n) is 7.50. The Morgan fingerprint density at radius 1 is 0.911 bits per heavy atom. The highest BCUT2D eigenvalue weighted by Crippen LogP contribution is 2.46. The lowest BCUT2D eigenvalue weighted by molar-refractivity contribution is -0.179. The molecular formula is C34H35F5N6. The molecule has 5 aromatic rings. The molecule has 11 heteroatoms. The molecule has 45 heavy (non-hydrogen) atoms. The zero-order valence-corrected chi connectivity index (χ0v) is 25.2. The van der Waals surface area contributed by atoms with Crippen molar-refractivity contribution >= 4 is 27.6 Å². The van der Waals surface area contributed by atoms with E-state index in [0.29, 0.717) is 25.9 Å². The molecule has 0 radical (unpaired) electrons. The second-order valence-electron chi connectivity index (χ2n) is 12.7. The first-order valence-electron chi connectivity index (χ1n) is 15.5. The summed E-state index contributed by atoms with van der Waals surface area (Å²) in [5, 5.41) is 9.31. The van der Waals surface area contributed by atoms with Crippen LogP contribution < -0.4 is 4.90 Å². The highest BCUT2D eigenvalue weighted by molar-refractivity contribution is 6.07. The third-order valence-electron chi connectivity index (χ3n) is 9.84. The van der Waals surface area contributed by atoms with Gasteiger partial charge in [0.25, 0.3) is 0 Å². The van der Waals surface area contributed by atoms with Crippen LogP contribution in [0.3, 0.4) is 0 Å². The average Bonchev–Trinajstić information content (AvgIpc) is 3.53. The molecule has 3 aromatic heterocycles. The van der Waals surface area contributed by atoms with E-state index in [1.54, 1.807) is 4.68 Å². The van der Waals surface area contributed by atoms with Gasteiger partial charge in [-0.3, -0.25) is 4.98 Å². The lowest BCUT2D eigenvalue weighted by Crippen LogP contribution is -2.39. The molecule has 0 spiro atoms. The number of fused-ring (bicyclic) bond motifs is 3. The first-order valence-corrected chi connectivity index (χ1v) is 15.5. The van der Waals surface area contributed by atoms with Crippen molar-refractivity contribution in [1.29, 1.82) is 0 Å². The van der Waals surface area contributed by atoms with Crippen molar-refractivity contribution in [1.82, 2.24) is 24.5 Å². The summed E-state index contributed by atoms with van der Waals surface area (Å²) in [6.45, 7) is 2.51. The first kappa shape index (κ1) is 29.7. The van der Waals surface area contributed by atoms with Crippen LogP contribution in [0.2, 0.25) is 0 Å². The van der Waals surface area contributed by atoms with E-state index in [4.69, 9.17) is 4.98 Å². The molecule has 1 atom stereocenters. The first-order chi connectivity index (χ1) is 21.5. The van der Waals surface area contributed by atoms with Gasteiger partial charge in [0.15, 0.2) is 0 Å². The second-order valence-corrected chi connectivity index (χ2v) is 12.7. The van der Waals surface area contributed by atoms with Gasteiger partial charge in [0, 0.05) is 55.8 Å². The summed E-state index contributed by atoms with van der Waals surface area (Å²) < 4.78 is 73.1. The smallest absolute Gasteiger partial charge is 0.371 e. The van der Waals surface area contributed by atoms with Crippen LogP contribution in [0.25, 0.3) is 33.2 Å². The summed E-state index contributed by atoms with van der Waals surface area (Å²) in [5.41, 5.74) is 6.84.